The molecule has 0 heterocycles. The van der Waals surface area contributed by atoms with Crippen molar-refractivity contribution in [3.8, 4) is 0 Å². The van der Waals surface area contributed by atoms with Crippen LogP contribution in [0.3, 0.4) is 0 Å². The van der Waals surface area contributed by atoms with E-state index < -0.39 is 0 Å². The Kier molecular flexibility index (Phi) is 3.45. The van der Waals surface area contributed by atoms with Gasteiger partial charge in [0.2, 0.25) is 0 Å². The summed E-state index contributed by atoms with van der Waals surface area (Å²) >= 11 is 0. The van der Waals surface area contributed by atoms with Crippen LogP contribution in [0.4, 0.5) is 0 Å². The number of nitrogens with one attached hydrogen (secondary N) is 1. The van der Waals surface area contributed by atoms with Gasteiger partial charge in [-0.05, 0) is 50.4 Å². The first-order chi connectivity index (χ1) is 8.32. The highest BCUT2D eigenvalue weighted by Gasteiger charge is 2.47. The van der Waals surface area contributed by atoms with Gasteiger partial charge in [0.05, 0.1) is 6.10 Å². The van der Waals surface area contributed by atoms with E-state index in [9.17, 15) is 0 Å². The summed E-state index contributed by atoms with van der Waals surface area (Å²) in [6.45, 7) is 0. The van der Waals surface area contributed by atoms with E-state index in [0.29, 0.717) is 11.5 Å². The van der Waals surface area contributed by atoms with Crippen LogP contribution in [0.2, 0.25) is 0 Å². The first-order valence-corrected chi connectivity index (χ1v) is 7.61. The Bertz CT molecular complexity index is 260. The predicted octanol–water partition coefficient (Wildman–Crippen LogP) is 3.26. The van der Waals surface area contributed by atoms with E-state index in [4.69, 9.17) is 4.74 Å². The van der Waals surface area contributed by atoms with E-state index >= 15 is 0 Å². The van der Waals surface area contributed by atoms with E-state index in [0.717, 1.165) is 12.1 Å². The number of methoxy groups -OCH3 is 1. The molecule has 2 heteroatoms. The van der Waals surface area contributed by atoms with Gasteiger partial charge in [-0.25, -0.2) is 0 Å². The normalized spacial score (nSPS) is 40.4. The number of hydrogen-bond donors (Lipinski definition) is 1. The van der Waals surface area contributed by atoms with Crippen molar-refractivity contribution in [2.45, 2.75) is 82.4 Å². The highest BCUT2D eigenvalue weighted by atomic mass is 16.5. The van der Waals surface area contributed by atoms with Gasteiger partial charge in [-0.1, -0.05) is 19.3 Å². The Morgan fingerprint density at radius 2 is 1.82 bits per heavy atom. The van der Waals surface area contributed by atoms with E-state index in [1.165, 1.54) is 64.2 Å². The van der Waals surface area contributed by atoms with Crippen molar-refractivity contribution in [3.63, 3.8) is 0 Å². The van der Waals surface area contributed by atoms with Crippen molar-refractivity contribution < 1.29 is 4.74 Å². The lowest BCUT2D eigenvalue weighted by atomic mass is 9.57. The van der Waals surface area contributed by atoms with E-state index in [1.54, 1.807) is 0 Å². The van der Waals surface area contributed by atoms with Gasteiger partial charge in [0, 0.05) is 19.2 Å². The topological polar surface area (TPSA) is 21.3 Å². The number of ether oxygens (including phenoxy) is 1. The van der Waals surface area contributed by atoms with Crippen LogP contribution < -0.4 is 5.32 Å². The molecule has 0 aromatic heterocycles. The molecule has 3 fully saturated rings. The third-order valence-electron chi connectivity index (χ3n) is 5.67. The summed E-state index contributed by atoms with van der Waals surface area (Å²) in [5.41, 5.74) is 0.712. The summed E-state index contributed by atoms with van der Waals surface area (Å²) < 4.78 is 5.47. The van der Waals surface area contributed by atoms with Crippen molar-refractivity contribution in [2.75, 3.05) is 7.11 Å². The van der Waals surface area contributed by atoms with Gasteiger partial charge < -0.3 is 10.1 Å². The molecule has 3 aliphatic carbocycles. The van der Waals surface area contributed by atoms with Crippen LogP contribution in [0.15, 0.2) is 0 Å². The number of hydrogen-bond acceptors (Lipinski definition) is 2. The quantitative estimate of drug-likeness (QED) is 0.813. The van der Waals surface area contributed by atoms with Gasteiger partial charge >= 0.3 is 0 Å². The molecule has 0 aromatic rings. The van der Waals surface area contributed by atoms with Crippen molar-refractivity contribution in [1.82, 2.24) is 5.32 Å². The molecule has 3 rings (SSSR count). The summed E-state index contributed by atoms with van der Waals surface area (Å²) in [4.78, 5) is 0. The number of rotatable bonds is 3. The molecule has 17 heavy (non-hydrogen) atoms. The molecule has 2 nitrogen and oxygen atoms in total. The summed E-state index contributed by atoms with van der Waals surface area (Å²) in [6.07, 6.45) is 14.7. The minimum atomic E-state index is 0.523. The standard InChI is InChI=1S/C15H27NO/c1-17-13-6-5-12(11-13)16-14-7-10-15(14)8-3-2-4-9-15/h12-14,16H,2-11H2,1H3. The molecular weight excluding hydrogens is 210 g/mol. The molecule has 0 bridgehead atoms. The first-order valence-electron chi connectivity index (χ1n) is 7.61. The minimum absolute atomic E-state index is 0.523. The van der Waals surface area contributed by atoms with E-state index in [1.807, 2.05) is 7.11 Å². The highest BCUT2D eigenvalue weighted by molar-refractivity contribution is 5.03. The Morgan fingerprint density at radius 3 is 2.41 bits per heavy atom. The Morgan fingerprint density at radius 1 is 1.00 bits per heavy atom. The lowest BCUT2D eigenvalue weighted by Gasteiger charge is -2.53. The summed E-state index contributed by atoms with van der Waals surface area (Å²) in [5.74, 6) is 0. The maximum atomic E-state index is 5.47. The predicted molar refractivity (Wildman–Crippen MR) is 70.1 cm³/mol. The van der Waals surface area contributed by atoms with Crippen LogP contribution in [0, 0.1) is 5.41 Å². The lowest BCUT2D eigenvalue weighted by Crippen LogP contribution is -2.56. The zero-order valence-corrected chi connectivity index (χ0v) is 11.2. The van der Waals surface area contributed by atoms with Crippen molar-refractivity contribution in [1.29, 1.82) is 0 Å². The monoisotopic (exact) mass is 237 g/mol. The average molecular weight is 237 g/mol. The Hall–Kier alpha value is -0.0800. The van der Waals surface area contributed by atoms with Gasteiger partial charge in [-0.3, -0.25) is 0 Å². The van der Waals surface area contributed by atoms with E-state index in [2.05, 4.69) is 5.32 Å². The van der Waals surface area contributed by atoms with Gasteiger partial charge in [0.15, 0.2) is 0 Å². The SMILES string of the molecule is COC1CCC(NC2CCC23CCCCC3)C1. The smallest absolute Gasteiger partial charge is 0.0586 e. The van der Waals surface area contributed by atoms with Gasteiger partial charge in [0.1, 0.15) is 0 Å². The fourth-order valence-electron chi connectivity index (χ4n) is 4.40. The molecule has 3 unspecified atom stereocenters. The molecule has 98 valence electrons. The fraction of sp³-hybridized carbons (Fsp3) is 1.00. The van der Waals surface area contributed by atoms with Gasteiger partial charge in [0.25, 0.3) is 0 Å². The van der Waals surface area contributed by atoms with Crippen LogP contribution in [0.1, 0.15) is 64.2 Å². The highest BCUT2D eigenvalue weighted by Crippen LogP contribution is 2.52. The third-order valence-corrected chi connectivity index (χ3v) is 5.67. The van der Waals surface area contributed by atoms with Crippen molar-refractivity contribution >= 4 is 0 Å². The van der Waals surface area contributed by atoms with Crippen LogP contribution in [0.25, 0.3) is 0 Å². The molecule has 0 aromatic carbocycles. The Labute approximate surface area is 105 Å². The minimum Gasteiger partial charge on any atom is -0.381 e. The molecule has 1 spiro atoms. The Balaban J connectivity index is 1.52. The van der Waals surface area contributed by atoms with Crippen molar-refractivity contribution in [2.24, 2.45) is 5.41 Å². The first kappa shape index (κ1) is 12.0. The summed E-state index contributed by atoms with van der Waals surface area (Å²) in [7, 11) is 1.86. The zero-order valence-electron chi connectivity index (χ0n) is 11.2. The molecule has 0 radical (unpaired) electrons. The molecule has 3 aliphatic rings. The third kappa shape index (κ3) is 2.26. The summed E-state index contributed by atoms with van der Waals surface area (Å²) in [5, 5.41) is 3.96. The van der Waals surface area contributed by atoms with E-state index in [-0.39, 0.29) is 0 Å². The van der Waals surface area contributed by atoms with Crippen LogP contribution >= 0.6 is 0 Å². The molecular formula is C15H27NO. The van der Waals surface area contributed by atoms with Crippen LogP contribution in [-0.4, -0.2) is 25.3 Å². The second-order valence-corrected chi connectivity index (χ2v) is 6.55. The molecule has 3 saturated carbocycles. The zero-order chi connectivity index (χ0) is 11.7. The molecule has 1 N–H and O–H groups in total. The summed E-state index contributed by atoms with van der Waals surface area (Å²) in [6, 6.07) is 1.58. The molecule has 0 saturated heterocycles. The molecule has 0 amide bonds. The second-order valence-electron chi connectivity index (χ2n) is 6.55. The van der Waals surface area contributed by atoms with Gasteiger partial charge in [-0.2, -0.15) is 0 Å². The van der Waals surface area contributed by atoms with Gasteiger partial charge in [-0.15, -0.1) is 0 Å². The van der Waals surface area contributed by atoms with Crippen LogP contribution in [-0.2, 0) is 4.74 Å². The lowest BCUT2D eigenvalue weighted by molar-refractivity contribution is 0.0152. The second kappa shape index (κ2) is 4.89. The molecule has 0 aliphatic heterocycles. The maximum Gasteiger partial charge on any atom is 0.0586 e. The van der Waals surface area contributed by atoms with Crippen molar-refractivity contribution in [3.05, 3.63) is 0 Å². The maximum absolute atomic E-state index is 5.47. The van der Waals surface area contributed by atoms with Crippen LogP contribution in [0.5, 0.6) is 0 Å². The average Bonchev–Trinajstić information content (AvgIpc) is 2.83. The largest absolute Gasteiger partial charge is 0.381 e. The fourth-order valence-corrected chi connectivity index (χ4v) is 4.40. The molecule has 3 atom stereocenters.